The molecule has 0 saturated heterocycles. The Morgan fingerprint density at radius 1 is 1.57 bits per heavy atom. The number of carbonyl (C=O) groups is 1. The highest BCUT2D eigenvalue weighted by Gasteiger charge is 2.29. The number of allylic oxidation sites excluding steroid dienone is 1. The maximum Gasteiger partial charge on any atom is 0.406 e. The van der Waals surface area contributed by atoms with Gasteiger partial charge in [0.05, 0.1) is 0 Å². The van der Waals surface area contributed by atoms with Gasteiger partial charge in [0, 0.05) is 18.0 Å². The lowest BCUT2D eigenvalue weighted by Gasteiger charge is -2.21. The lowest BCUT2D eigenvalue weighted by atomic mass is 10.1. The smallest absolute Gasteiger partial charge is 0.366 e. The molecule has 14 heavy (non-hydrogen) atoms. The van der Waals surface area contributed by atoms with Crippen molar-refractivity contribution in [2.45, 2.75) is 12.6 Å². The second-order valence-corrected chi connectivity index (χ2v) is 2.89. The lowest BCUT2D eigenvalue weighted by molar-refractivity contribution is -0.136. The van der Waals surface area contributed by atoms with Gasteiger partial charge in [-0.15, -0.1) is 0 Å². The van der Waals surface area contributed by atoms with Gasteiger partial charge in [-0.25, -0.2) is 0 Å². The second-order valence-electron chi connectivity index (χ2n) is 2.89. The summed E-state index contributed by atoms with van der Waals surface area (Å²) in [5.74, 6) is -0.693. The van der Waals surface area contributed by atoms with Crippen LogP contribution < -0.4 is 5.73 Å². The van der Waals surface area contributed by atoms with E-state index in [1.807, 2.05) is 0 Å². The molecule has 0 atom stereocenters. The maximum atomic E-state index is 11.9. The molecule has 3 nitrogen and oxygen atoms in total. The van der Waals surface area contributed by atoms with Gasteiger partial charge >= 0.3 is 6.18 Å². The third-order valence-electron chi connectivity index (χ3n) is 1.63. The third kappa shape index (κ3) is 3.12. The molecule has 0 spiro atoms. The predicted octanol–water partition coefficient (Wildman–Crippen LogP) is 1.14. The van der Waals surface area contributed by atoms with Crippen LogP contribution in [-0.2, 0) is 4.79 Å². The number of hydrogen-bond donors (Lipinski definition) is 1. The molecule has 6 heteroatoms. The fourth-order valence-corrected chi connectivity index (χ4v) is 1.08. The standard InChI is InChI=1S/C8H9F3N2O/c9-8(10,11)5-13-3-1-2-6(4-13)7(12)14/h1,3-4H,2,5H2,(H2,12,14). The van der Waals surface area contributed by atoms with Gasteiger partial charge in [-0.3, -0.25) is 4.79 Å². The normalized spacial score (nSPS) is 16.8. The van der Waals surface area contributed by atoms with Crippen molar-refractivity contribution in [1.82, 2.24) is 4.90 Å². The molecule has 0 aromatic carbocycles. The molecule has 0 radical (unpaired) electrons. The van der Waals surface area contributed by atoms with Crippen molar-refractivity contribution in [3.8, 4) is 0 Å². The Bertz CT molecular complexity index is 293. The van der Waals surface area contributed by atoms with Gasteiger partial charge in [-0.2, -0.15) is 13.2 Å². The minimum absolute atomic E-state index is 0.178. The summed E-state index contributed by atoms with van der Waals surface area (Å²) < 4.78 is 35.8. The van der Waals surface area contributed by atoms with Crippen molar-refractivity contribution in [1.29, 1.82) is 0 Å². The maximum absolute atomic E-state index is 11.9. The van der Waals surface area contributed by atoms with Crippen LogP contribution in [-0.4, -0.2) is 23.5 Å². The fourth-order valence-electron chi connectivity index (χ4n) is 1.08. The lowest BCUT2D eigenvalue weighted by Crippen LogP contribution is -2.29. The number of nitrogens with zero attached hydrogens (tertiary/aromatic N) is 1. The Morgan fingerprint density at radius 3 is 2.71 bits per heavy atom. The van der Waals surface area contributed by atoms with E-state index in [2.05, 4.69) is 0 Å². The average molecular weight is 206 g/mol. The summed E-state index contributed by atoms with van der Waals surface area (Å²) in [5, 5.41) is 0. The van der Waals surface area contributed by atoms with E-state index in [0.717, 1.165) is 11.1 Å². The first kappa shape index (κ1) is 10.6. The first-order valence-electron chi connectivity index (χ1n) is 3.88. The van der Waals surface area contributed by atoms with Crippen LogP contribution in [0.3, 0.4) is 0 Å². The molecule has 1 aliphatic rings. The zero-order valence-corrected chi connectivity index (χ0v) is 7.21. The monoisotopic (exact) mass is 206 g/mol. The highest BCUT2D eigenvalue weighted by molar-refractivity contribution is 5.92. The number of carbonyl (C=O) groups excluding carboxylic acids is 1. The molecule has 0 saturated carbocycles. The molecule has 0 aliphatic carbocycles. The van der Waals surface area contributed by atoms with Crippen LogP contribution in [0.1, 0.15) is 6.42 Å². The highest BCUT2D eigenvalue weighted by atomic mass is 19.4. The average Bonchev–Trinajstić information content (AvgIpc) is 2.01. The number of nitrogens with two attached hydrogens (primary N) is 1. The van der Waals surface area contributed by atoms with Crippen molar-refractivity contribution >= 4 is 5.91 Å². The van der Waals surface area contributed by atoms with Gasteiger partial charge < -0.3 is 10.6 Å². The summed E-state index contributed by atoms with van der Waals surface area (Å²) in [6.07, 6.45) is -0.147. The van der Waals surface area contributed by atoms with E-state index in [0.29, 0.717) is 0 Å². The molecule has 1 rings (SSSR count). The second kappa shape index (κ2) is 3.73. The van der Waals surface area contributed by atoms with Crippen LogP contribution in [0.25, 0.3) is 0 Å². The quantitative estimate of drug-likeness (QED) is 0.736. The predicted molar refractivity (Wildman–Crippen MR) is 43.8 cm³/mol. The van der Waals surface area contributed by atoms with Crippen LogP contribution in [0.5, 0.6) is 0 Å². The minimum atomic E-state index is -4.29. The zero-order valence-electron chi connectivity index (χ0n) is 7.21. The number of hydrogen-bond acceptors (Lipinski definition) is 2. The molecule has 0 bridgehead atoms. The summed E-state index contributed by atoms with van der Waals surface area (Å²) in [4.78, 5) is 11.6. The molecular formula is C8H9F3N2O. The Hall–Kier alpha value is -1.46. The Balaban J connectivity index is 2.67. The SMILES string of the molecule is NC(=O)C1=CN(CC(F)(F)F)C=CC1. The van der Waals surface area contributed by atoms with E-state index in [9.17, 15) is 18.0 Å². The van der Waals surface area contributed by atoms with Crippen LogP contribution >= 0.6 is 0 Å². The van der Waals surface area contributed by atoms with Crippen molar-refractivity contribution in [3.05, 3.63) is 24.0 Å². The van der Waals surface area contributed by atoms with Crippen molar-refractivity contribution in [3.63, 3.8) is 0 Å². The van der Waals surface area contributed by atoms with Crippen LogP contribution in [0.15, 0.2) is 24.0 Å². The van der Waals surface area contributed by atoms with Gasteiger partial charge in [0.2, 0.25) is 5.91 Å². The molecule has 1 amide bonds. The molecule has 0 unspecified atom stereocenters. The van der Waals surface area contributed by atoms with Crippen LogP contribution in [0.2, 0.25) is 0 Å². The van der Waals surface area contributed by atoms with Crippen LogP contribution in [0, 0.1) is 0 Å². The molecule has 78 valence electrons. The van der Waals surface area contributed by atoms with E-state index in [1.165, 1.54) is 12.3 Å². The van der Waals surface area contributed by atoms with Gasteiger partial charge in [0.25, 0.3) is 0 Å². The number of rotatable bonds is 2. The topological polar surface area (TPSA) is 46.3 Å². The Labute approximate surface area is 78.7 Å². The highest BCUT2D eigenvalue weighted by Crippen LogP contribution is 2.20. The largest absolute Gasteiger partial charge is 0.406 e. The van der Waals surface area contributed by atoms with Gasteiger partial charge in [0.1, 0.15) is 6.54 Å². The summed E-state index contributed by atoms with van der Waals surface area (Å²) in [7, 11) is 0. The summed E-state index contributed by atoms with van der Waals surface area (Å²) in [6.45, 7) is -1.11. The molecule has 1 heterocycles. The Kier molecular flexibility index (Phi) is 2.83. The number of amides is 1. The van der Waals surface area contributed by atoms with Gasteiger partial charge in [-0.1, -0.05) is 6.08 Å². The van der Waals surface area contributed by atoms with Crippen molar-refractivity contribution < 1.29 is 18.0 Å². The number of halogens is 3. The zero-order chi connectivity index (χ0) is 10.8. The summed E-state index contributed by atoms with van der Waals surface area (Å²) in [5.41, 5.74) is 5.12. The molecule has 2 N–H and O–H groups in total. The minimum Gasteiger partial charge on any atom is -0.366 e. The summed E-state index contributed by atoms with van der Waals surface area (Å²) in [6, 6.07) is 0. The number of primary amides is 1. The summed E-state index contributed by atoms with van der Waals surface area (Å²) >= 11 is 0. The first-order valence-corrected chi connectivity index (χ1v) is 3.88. The molecule has 1 aliphatic heterocycles. The Morgan fingerprint density at radius 2 is 2.21 bits per heavy atom. The van der Waals surface area contributed by atoms with E-state index in [1.54, 1.807) is 0 Å². The van der Waals surface area contributed by atoms with E-state index < -0.39 is 18.6 Å². The molecule has 0 fully saturated rings. The van der Waals surface area contributed by atoms with Gasteiger partial charge in [-0.05, 0) is 6.42 Å². The van der Waals surface area contributed by atoms with Crippen molar-refractivity contribution in [2.24, 2.45) is 5.73 Å². The van der Waals surface area contributed by atoms with Crippen molar-refractivity contribution in [2.75, 3.05) is 6.54 Å². The van der Waals surface area contributed by atoms with E-state index >= 15 is 0 Å². The molecular weight excluding hydrogens is 197 g/mol. The molecule has 0 aromatic rings. The molecule has 0 aromatic heterocycles. The number of alkyl halides is 3. The van der Waals surface area contributed by atoms with Gasteiger partial charge in [0.15, 0.2) is 0 Å². The third-order valence-corrected chi connectivity index (χ3v) is 1.63. The van der Waals surface area contributed by atoms with E-state index in [4.69, 9.17) is 5.73 Å². The van der Waals surface area contributed by atoms with Crippen LogP contribution in [0.4, 0.5) is 13.2 Å². The fraction of sp³-hybridized carbons (Fsp3) is 0.375. The first-order chi connectivity index (χ1) is 6.38. The van der Waals surface area contributed by atoms with E-state index in [-0.39, 0.29) is 12.0 Å².